The number of carbonyl (C=O) groups is 2. The van der Waals surface area contributed by atoms with Crippen LogP contribution in [0.3, 0.4) is 0 Å². The fraction of sp³-hybridized carbons (Fsp3) is 0.391. The Morgan fingerprint density at radius 3 is 2.72 bits per heavy atom. The van der Waals surface area contributed by atoms with Gasteiger partial charge in [-0.15, -0.1) is 0 Å². The molecule has 0 bridgehead atoms. The zero-order valence-corrected chi connectivity index (χ0v) is 16.9. The number of ether oxygens (including phenoxy) is 1. The number of nitrogens with zero attached hydrogens (tertiary/aromatic N) is 1. The van der Waals surface area contributed by atoms with E-state index >= 15 is 0 Å². The van der Waals surface area contributed by atoms with E-state index in [1.54, 1.807) is 12.0 Å². The molecule has 0 saturated carbocycles. The minimum atomic E-state index is -0.480. The first-order chi connectivity index (χ1) is 14.0. The second-order valence-corrected chi connectivity index (χ2v) is 8.13. The molecule has 2 aliphatic heterocycles. The van der Waals surface area contributed by atoms with Gasteiger partial charge in [0.2, 0.25) is 11.8 Å². The van der Waals surface area contributed by atoms with Crippen molar-refractivity contribution in [2.75, 3.05) is 31.6 Å². The average Bonchev–Trinajstić information content (AvgIpc) is 3.05. The standard InChI is InChI=1S/C23H27N3O3/c1-16-5-3-7-19(9-16)26-13-18(11-21(26)27)25-22(28)23(14-24-15-23)12-17-6-4-8-20(10-17)29-2/h3-10,18,24H,11-15H2,1-2H3,(H,25,28). The highest BCUT2D eigenvalue weighted by Crippen LogP contribution is 2.30. The molecule has 6 nitrogen and oxygen atoms in total. The SMILES string of the molecule is COc1cccc(CC2(C(=O)NC3CC(=O)N(c4cccc(C)c4)C3)CNC2)c1. The molecular weight excluding hydrogens is 366 g/mol. The molecule has 29 heavy (non-hydrogen) atoms. The third-order valence-electron chi connectivity index (χ3n) is 5.86. The Bertz CT molecular complexity index is 923. The van der Waals surface area contributed by atoms with Gasteiger partial charge in [0, 0.05) is 31.7 Å². The van der Waals surface area contributed by atoms with Gasteiger partial charge in [-0.1, -0.05) is 24.3 Å². The Morgan fingerprint density at radius 2 is 2.03 bits per heavy atom. The van der Waals surface area contributed by atoms with E-state index in [4.69, 9.17) is 4.74 Å². The van der Waals surface area contributed by atoms with Gasteiger partial charge in [-0.2, -0.15) is 0 Å². The molecule has 0 radical (unpaired) electrons. The van der Waals surface area contributed by atoms with E-state index in [9.17, 15) is 9.59 Å². The van der Waals surface area contributed by atoms with Crippen molar-refractivity contribution in [3.63, 3.8) is 0 Å². The number of carbonyl (C=O) groups excluding carboxylic acids is 2. The van der Waals surface area contributed by atoms with Crippen molar-refractivity contribution in [1.29, 1.82) is 0 Å². The Hall–Kier alpha value is -2.86. The first kappa shape index (κ1) is 19.5. The van der Waals surface area contributed by atoms with Gasteiger partial charge in [0.1, 0.15) is 5.75 Å². The van der Waals surface area contributed by atoms with Crippen LogP contribution in [0.4, 0.5) is 5.69 Å². The van der Waals surface area contributed by atoms with Crippen molar-refractivity contribution in [3.8, 4) is 5.75 Å². The summed E-state index contributed by atoms with van der Waals surface area (Å²) in [5.41, 5.74) is 2.60. The third kappa shape index (κ3) is 3.98. The summed E-state index contributed by atoms with van der Waals surface area (Å²) in [6.45, 7) is 3.79. The lowest BCUT2D eigenvalue weighted by Crippen LogP contribution is -2.63. The van der Waals surface area contributed by atoms with Gasteiger partial charge in [0.25, 0.3) is 0 Å². The summed E-state index contributed by atoms with van der Waals surface area (Å²) < 4.78 is 5.30. The maximum absolute atomic E-state index is 13.2. The summed E-state index contributed by atoms with van der Waals surface area (Å²) in [4.78, 5) is 27.4. The lowest BCUT2D eigenvalue weighted by atomic mass is 9.75. The Labute approximate surface area is 171 Å². The van der Waals surface area contributed by atoms with Crippen LogP contribution in [0.15, 0.2) is 48.5 Å². The minimum absolute atomic E-state index is 0.0166. The van der Waals surface area contributed by atoms with Crippen molar-refractivity contribution in [2.45, 2.75) is 25.8 Å². The minimum Gasteiger partial charge on any atom is -0.497 e. The molecule has 2 aromatic carbocycles. The number of nitrogens with one attached hydrogen (secondary N) is 2. The summed E-state index contributed by atoms with van der Waals surface area (Å²) in [6, 6.07) is 15.6. The van der Waals surface area contributed by atoms with Crippen LogP contribution in [0.5, 0.6) is 5.75 Å². The smallest absolute Gasteiger partial charge is 0.229 e. The Kier molecular flexibility index (Phi) is 5.28. The Balaban J connectivity index is 1.43. The van der Waals surface area contributed by atoms with Crippen LogP contribution in [-0.4, -0.2) is 44.6 Å². The van der Waals surface area contributed by atoms with Gasteiger partial charge >= 0.3 is 0 Å². The van der Waals surface area contributed by atoms with Crippen LogP contribution in [0.25, 0.3) is 0 Å². The van der Waals surface area contributed by atoms with Gasteiger partial charge < -0.3 is 20.3 Å². The quantitative estimate of drug-likeness (QED) is 0.788. The van der Waals surface area contributed by atoms with Crippen LogP contribution in [-0.2, 0) is 16.0 Å². The van der Waals surface area contributed by atoms with E-state index in [1.165, 1.54) is 0 Å². The molecule has 1 unspecified atom stereocenters. The van der Waals surface area contributed by atoms with E-state index in [2.05, 4.69) is 10.6 Å². The first-order valence-corrected chi connectivity index (χ1v) is 10.0. The summed E-state index contributed by atoms with van der Waals surface area (Å²) >= 11 is 0. The molecule has 2 N–H and O–H groups in total. The van der Waals surface area contributed by atoms with Gasteiger partial charge in [-0.05, 0) is 48.7 Å². The molecule has 0 aliphatic carbocycles. The van der Waals surface area contributed by atoms with E-state index in [0.717, 1.165) is 22.6 Å². The summed E-state index contributed by atoms with van der Waals surface area (Å²) in [7, 11) is 1.64. The first-order valence-electron chi connectivity index (χ1n) is 10.0. The molecule has 4 rings (SSSR count). The molecule has 2 aliphatic rings. The summed E-state index contributed by atoms with van der Waals surface area (Å²) in [6.07, 6.45) is 0.980. The van der Waals surface area contributed by atoms with Gasteiger partial charge in [0.05, 0.1) is 18.6 Å². The van der Waals surface area contributed by atoms with Gasteiger partial charge in [0.15, 0.2) is 0 Å². The van der Waals surface area contributed by atoms with Crippen LogP contribution in [0.1, 0.15) is 17.5 Å². The lowest BCUT2D eigenvalue weighted by molar-refractivity contribution is -0.134. The monoisotopic (exact) mass is 393 g/mol. The number of hydrogen-bond donors (Lipinski definition) is 2. The molecule has 2 heterocycles. The molecular formula is C23H27N3O3. The van der Waals surface area contributed by atoms with Crippen LogP contribution in [0, 0.1) is 12.3 Å². The zero-order valence-electron chi connectivity index (χ0n) is 16.9. The fourth-order valence-corrected chi connectivity index (χ4v) is 4.15. The second kappa shape index (κ2) is 7.87. The number of aryl methyl sites for hydroxylation is 1. The fourth-order valence-electron chi connectivity index (χ4n) is 4.15. The second-order valence-electron chi connectivity index (χ2n) is 8.13. The molecule has 2 saturated heterocycles. The highest BCUT2D eigenvalue weighted by atomic mass is 16.5. The molecule has 0 spiro atoms. The number of methoxy groups -OCH3 is 1. The zero-order chi connectivity index (χ0) is 20.4. The molecule has 152 valence electrons. The van der Waals surface area contributed by atoms with Gasteiger partial charge in [-0.25, -0.2) is 0 Å². The number of hydrogen-bond acceptors (Lipinski definition) is 4. The van der Waals surface area contributed by atoms with Crippen molar-refractivity contribution in [2.24, 2.45) is 5.41 Å². The predicted octanol–water partition coefficient (Wildman–Crippen LogP) is 2.06. The number of rotatable bonds is 6. The van der Waals surface area contributed by atoms with Crippen molar-refractivity contribution < 1.29 is 14.3 Å². The van der Waals surface area contributed by atoms with Crippen LogP contribution < -0.4 is 20.3 Å². The van der Waals surface area contributed by atoms with Crippen molar-refractivity contribution in [3.05, 3.63) is 59.7 Å². The molecule has 2 aromatic rings. The highest BCUT2D eigenvalue weighted by Gasteiger charge is 2.45. The van der Waals surface area contributed by atoms with Crippen LogP contribution in [0.2, 0.25) is 0 Å². The molecule has 2 fully saturated rings. The average molecular weight is 393 g/mol. The van der Waals surface area contributed by atoms with E-state index in [-0.39, 0.29) is 17.9 Å². The predicted molar refractivity (Wildman–Crippen MR) is 112 cm³/mol. The molecule has 2 amide bonds. The highest BCUT2D eigenvalue weighted by molar-refractivity contribution is 5.97. The topological polar surface area (TPSA) is 70.7 Å². The van der Waals surface area contributed by atoms with E-state index < -0.39 is 5.41 Å². The summed E-state index contributed by atoms with van der Waals surface area (Å²) in [5, 5.41) is 6.38. The van der Waals surface area contributed by atoms with Crippen LogP contribution >= 0.6 is 0 Å². The van der Waals surface area contributed by atoms with E-state index in [1.807, 2.05) is 55.5 Å². The maximum atomic E-state index is 13.2. The Morgan fingerprint density at radius 1 is 1.24 bits per heavy atom. The largest absolute Gasteiger partial charge is 0.497 e. The third-order valence-corrected chi connectivity index (χ3v) is 5.86. The number of amides is 2. The lowest BCUT2D eigenvalue weighted by Gasteiger charge is -2.42. The van der Waals surface area contributed by atoms with E-state index in [0.29, 0.717) is 32.5 Å². The number of anilines is 1. The molecule has 6 heteroatoms. The summed E-state index contributed by atoms with van der Waals surface area (Å²) in [5.74, 6) is 0.859. The van der Waals surface area contributed by atoms with Crippen molar-refractivity contribution >= 4 is 17.5 Å². The maximum Gasteiger partial charge on any atom is 0.229 e. The van der Waals surface area contributed by atoms with Gasteiger partial charge in [-0.3, -0.25) is 9.59 Å². The molecule has 0 aromatic heterocycles. The number of benzene rings is 2. The van der Waals surface area contributed by atoms with Crippen molar-refractivity contribution in [1.82, 2.24) is 10.6 Å². The molecule has 1 atom stereocenters. The normalized spacial score (nSPS) is 20.3.